The van der Waals surface area contributed by atoms with Gasteiger partial charge in [0.15, 0.2) is 0 Å². The Morgan fingerprint density at radius 3 is 2.95 bits per heavy atom. The summed E-state index contributed by atoms with van der Waals surface area (Å²) >= 11 is 0. The maximum Gasteiger partial charge on any atom is 0.255 e. The van der Waals surface area contributed by atoms with Crippen LogP contribution in [-0.4, -0.2) is 41.1 Å². The Bertz CT molecular complexity index is 609. The Morgan fingerprint density at radius 2 is 2.24 bits per heavy atom. The van der Waals surface area contributed by atoms with E-state index in [2.05, 4.69) is 25.6 Å². The van der Waals surface area contributed by atoms with E-state index >= 15 is 0 Å². The highest BCUT2D eigenvalue weighted by Crippen LogP contribution is 2.13. The molecule has 0 fully saturated rings. The van der Waals surface area contributed by atoms with E-state index < -0.39 is 5.82 Å². The van der Waals surface area contributed by atoms with Crippen LogP contribution in [0.25, 0.3) is 0 Å². The molecule has 21 heavy (non-hydrogen) atoms. The second kappa shape index (κ2) is 7.13. The maximum atomic E-state index is 13.1. The number of methoxy groups -OCH3 is 1. The summed E-state index contributed by atoms with van der Waals surface area (Å²) in [7, 11) is 1.32. The molecule has 2 N–H and O–H groups in total. The summed E-state index contributed by atoms with van der Waals surface area (Å²) in [6.45, 7) is 0.748. The van der Waals surface area contributed by atoms with E-state index in [-0.39, 0.29) is 17.7 Å². The quantitative estimate of drug-likeness (QED) is 0.767. The zero-order valence-corrected chi connectivity index (χ0v) is 11.3. The summed E-state index contributed by atoms with van der Waals surface area (Å²) in [5, 5.41) is 5.56. The van der Waals surface area contributed by atoms with Crippen molar-refractivity contribution in [3.05, 3.63) is 42.1 Å². The van der Waals surface area contributed by atoms with Crippen LogP contribution in [0.3, 0.4) is 0 Å². The third-order valence-corrected chi connectivity index (χ3v) is 2.52. The van der Waals surface area contributed by atoms with Crippen molar-refractivity contribution in [2.45, 2.75) is 0 Å². The molecule has 0 radical (unpaired) electrons. The van der Waals surface area contributed by atoms with E-state index in [0.717, 1.165) is 6.20 Å². The lowest BCUT2D eigenvalue weighted by molar-refractivity contribution is 0.0955. The van der Waals surface area contributed by atoms with Gasteiger partial charge in [0.25, 0.3) is 11.8 Å². The molecule has 7 nitrogen and oxygen atoms in total. The molecule has 8 heteroatoms. The fraction of sp³-hybridized carbons (Fsp3) is 0.231. The first-order chi connectivity index (χ1) is 10.2. The molecule has 0 aliphatic heterocycles. The van der Waals surface area contributed by atoms with E-state index in [1.165, 1.54) is 13.3 Å². The molecule has 2 aromatic rings. The van der Waals surface area contributed by atoms with Gasteiger partial charge in [-0.15, -0.1) is 0 Å². The predicted octanol–water partition coefficient (Wildman–Crippen LogP) is 0.861. The van der Waals surface area contributed by atoms with Gasteiger partial charge in [0.05, 0.1) is 18.9 Å². The highest BCUT2D eigenvalue weighted by molar-refractivity contribution is 5.93. The lowest BCUT2D eigenvalue weighted by Crippen LogP contribution is -2.29. The number of carbonyl (C=O) groups excluding carboxylic acids is 1. The van der Waals surface area contributed by atoms with Gasteiger partial charge in [-0.3, -0.25) is 9.78 Å². The van der Waals surface area contributed by atoms with Crippen LogP contribution in [0.2, 0.25) is 0 Å². The van der Waals surface area contributed by atoms with Gasteiger partial charge < -0.3 is 15.4 Å². The monoisotopic (exact) mass is 291 g/mol. The molecule has 0 aliphatic rings. The number of pyridine rings is 1. The van der Waals surface area contributed by atoms with E-state index in [1.807, 2.05) is 0 Å². The predicted molar refractivity (Wildman–Crippen MR) is 73.6 cm³/mol. The molecule has 2 rings (SSSR count). The van der Waals surface area contributed by atoms with Crippen LogP contribution in [0, 0.1) is 5.82 Å². The molecule has 0 atom stereocenters. The average Bonchev–Trinajstić information content (AvgIpc) is 2.53. The number of carbonyl (C=O) groups is 1. The van der Waals surface area contributed by atoms with Gasteiger partial charge in [-0.2, -0.15) is 9.37 Å². The van der Waals surface area contributed by atoms with Gasteiger partial charge in [-0.25, -0.2) is 4.98 Å². The number of nitrogens with one attached hydrogen (secondary N) is 2. The summed E-state index contributed by atoms with van der Waals surface area (Å²) in [5.41, 5.74) is 0.484. The van der Waals surface area contributed by atoms with Crippen molar-refractivity contribution in [1.82, 2.24) is 20.3 Å². The number of halogens is 1. The number of nitrogens with zero attached hydrogens (tertiary/aromatic N) is 3. The highest BCUT2D eigenvalue weighted by Gasteiger charge is 2.07. The van der Waals surface area contributed by atoms with Crippen LogP contribution in [0.1, 0.15) is 10.4 Å². The molecule has 0 bridgehead atoms. The first-order valence-corrected chi connectivity index (χ1v) is 6.19. The number of aromatic nitrogens is 3. The van der Waals surface area contributed by atoms with Crippen molar-refractivity contribution in [1.29, 1.82) is 0 Å². The lowest BCUT2D eigenvalue weighted by atomic mass is 10.3. The molecule has 2 heterocycles. The largest absolute Gasteiger partial charge is 0.479 e. The first kappa shape index (κ1) is 14.6. The van der Waals surface area contributed by atoms with Crippen LogP contribution < -0.4 is 15.4 Å². The Balaban J connectivity index is 1.78. The van der Waals surface area contributed by atoms with E-state index in [1.54, 1.807) is 18.3 Å². The van der Waals surface area contributed by atoms with Gasteiger partial charge in [0.2, 0.25) is 11.8 Å². The molecule has 0 spiro atoms. The van der Waals surface area contributed by atoms with Crippen molar-refractivity contribution in [3.8, 4) is 5.88 Å². The first-order valence-electron chi connectivity index (χ1n) is 6.19. The maximum absolute atomic E-state index is 13.1. The zero-order chi connectivity index (χ0) is 15.1. The standard InChI is InChI=1S/C13H14FN5O2/c1-21-12-10(14)8-18-13(19-12)17-6-5-16-11(20)9-3-2-4-15-7-9/h2-4,7-8H,5-6H2,1H3,(H,16,20)(H,17,18,19). The number of rotatable bonds is 6. The van der Waals surface area contributed by atoms with Crippen molar-refractivity contribution in [2.75, 3.05) is 25.5 Å². The normalized spacial score (nSPS) is 10.0. The summed E-state index contributed by atoms with van der Waals surface area (Å²) in [5.74, 6) is -0.758. The van der Waals surface area contributed by atoms with Crippen molar-refractivity contribution >= 4 is 11.9 Å². The van der Waals surface area contributed by atoms with Gasteiger partial charge in [-0.1, -0.05) is 0 Å². The molecule has 2 aromatic heterocycles. The molecule has 0 aromatic carbocycles. The Hall–Kier alpha value is -2.77. The third-order valence-electron chi connectivity index (χ3n) is 2.52. The zero-order valence-electron chi connectivity index (χ0n) is 11.3. The molecule has 1 amide bonds. The second-order valence-electron chi connectivity index (χ2n) is 3.98. The minimum absolute atomic E-state index is 0.133. The topological polar surface area (TPSA) is 89.0 Å². The minimum atomic E-state index is -0.632. The minimum Gasteiger partial charge on any atom is -0.479 e. The van der Waals surface area contributed by atoms with E-state index in [0.29, 0.717) is 18.7 Å². The number of hydrogen-bond acceptors (Lipinski definition) is 6. The summed E-state index contributed by atoms with van der Waals surface area (Å²) in [4.78, 5) is 23.2. The highest BCUT2D eigenvalue weighted by atomic mass is 19.1. The fourth-order valence-electron chi connectivity index (χ4n) is 1.53. The van der Waals surface area contributed by atoms with Crippen molar-refractivity contribution in [2.24, 2.45) is 0 Å². The molecular weight excluding hydrogens is 277 g/mol. The second-order valence-corrected chi connectivity index (χ2v) is 3.98. The Kier molecular flexibility index (Phi) is 4.97. The summed E-state index contributed by atoms with van der Waals surface area (Å²) in [6, 6.07) is 3.36. The van der Waals surface area contributed by atoms with Crippen molar-refractivity contribution in [3.63, 3.8) is 0 Å². The number of anilines is 1. The van der Waals surface area contributed by atoms with E-state index in [4.69, 9.17) is 4.74 Å². The smallest absolute Gasteiger partial charge is 0.255 e. The van der Waals surface area contributed by atoms with Gasteiger partial charge in [0, 0.05) is 25.5 Å². The van der Waals surface area contributed by atoms with Crippen LogP contribution >= 0.6 is 0 Å². The average molecular weight is 291 g/mol. The Morgan fingerprint density at radius 1 is 1.38 bits per heavy atom. The third kappa shape index (κ3) is 4.10. The lowest BCUT2D eigenvalue weighted by Gasteiger charge is -2.07. The van der Waals surface area contributed by atoms with Crippen LogP contribution in [0.5, 0.6) is 5.88 Å². The van der Waals surface area contributed by atoms with Crippen LogP contribution in [-0.2, 0) is 0 Å². The number of hydrogen-bond donors (Lipinski definition) is 2. The van der Waals surface area contributed by atoms with Crippen LogP contribution in [0.15, 0.2) is 30.7 Å². The number of ether oxygens (including phenoxy) is 1. The summed E-state index contributed by atoms with van der Waals surface area (Å²) in [6.07, 6.45) is 4.09. The molecular formula is C13H14FN5O2. The van der Waals surface area contributed by atoms with Crippen LogP contribution in [0.4, 0.5) is 10.3 Å². The van der Waals surface area contributed by atoms with Gasteiger partial charge in [0.1, 0.15) is 0 Å². The molecule has 110 valence electrons. The summed E-state index contributed by atoms with van der Waals surface area (Å²) < 4.78 is 17.9. The number of amides is 1. The molecule has 0 saturated carbocycles. The fourth-order valence-corrected chi connectivity index (χ4v) is 1.53. The van der Waals surface area contributed by atoms with Crippen molar-refractivity contribution < 1.29 is 13.9 Å². The molecule has 0 unspecified atom stereocenters. The Labute approximate surface area is 120 Å². The van der Waals surface area contributed by atoms with Gasteiger partial charge >= 0.3 is 0 Å². The SMILES string of the molecule is COc1nc(NCCNC(=O)c2cccnc2)ncc1F. The molecule has 0 aliphatic carbocycles. The van der Waals surface area contributed by atoms with Gasteiger partial charge in [-0.05, 0) is 12.1 Å². The molecule has 0 saturated heterocycles. The van der Waals surface area contributed by atoms with E-state index in [9.17, 15) is 9.18 Å².